The van der Waals surface area contributed by atoms with Crippen LogP contribution < -0.4 is 10.9 Å². The van der Waals surface area contributed by atoms with Crippen molar-refractivity contribution in [3.05, 3.63) is 70.9 Å². The Morgan fingerprint density at radius 1 is 1.06 bits per heavy atom. The van der Waals surface area contributed by atoms with Crippen molar-refractivity contribution in [2.45, 2.75) is 63.6 Å². The van der Waals surface area contributed by atoms with Crippen molar-refractivity contribution >= 4 is 16.9 Å². The van der Waals surface area contributed by atoms with E-state index in [1.807, 2.05) is 38.1 Å². The second kappa shape index (κ2) is 7.56. The zero-order valence-electron chi connectivity index (χ0n) is 20.0. The predicted molar refractivity (Wildman–Crippen MR) is 131 cm³/mol. The Kier molecular flexibility index (Phi) is 4.67. The molecule has 1 N–H and O–H groups in total. The van der Waals surface area contributed by atoms with Crippen LogP contribution in [0.25, 0.3) is 22.2 Å². The highest BCUT2D eigenvalue weighted by Crippen LogP contribution is 2.46. The molecule has 3 aromatic heterocycles. The maximum absolute atomic E-state index is 13.1. The lowest BCUT2D eigenvalue weighted by atomic mass is 10.0. The van der Waals surface area contributed by atoms with Crippen molar-refractivity contribution in [3.63, 3.8) is 0 Å². The molecular weight excluding hydrogens is 442 g/mol. The monoisotopic (exact) mass is 469 g/mol. The molecule has 0 unspecified atom stereocenters. The van der Waals surface area contributed by atoms with Gasteiger partial charge in [0.1, 0.15) is 0 Å². The Morgan fingerprint density at radius 2 is 1.80 bits per heavy atom. The van der Waals surface area contributed by atoms with E-state index in [0.29, 0.717) is 11.2 Å². The van der Waals surface area contributed by atoms with E-state index in [0.717, 1.165) is 42.2 Å². The van der Waals surface area contributed by atoms with E-state index in [4.69, 9.17) is 0 Å². The normalized spacial score (nSPS) is 17.5. The van der Waals surface area contributed by atoms with Gasteiger partial charge in [0.15, 0.2) is 5.65 Å². The minimum Gasteiger partial charge on any atom is -0.340 e. The van der Waals surface area contributed by atoms with Gasteiger partial charge in [0.2, 0.25) is 5.82 Å². The number of benzene rings is 1. The minimum atomic E-state index is -0.442. The molecule has 0 aliphatic heterocycles. The quantitative estimate of drug-likeness (QED) is 0.463. The van der Waals surface area contributed by atoms with Crippen molar-refractivity contribution in [1.29, 1.82) is 0 Å². The van der Waals surface area contributed by atoms with E-state index in [1.54, 1.807) is 34.2 Å². The minimum absolute atomic E-state index is 0.0182. The van der Waals surface area contributed by atoms with Gasteiger partial charge >= 0.3 is 0 Å². The van der Waals surface area contributed by atoms with Gasteiger partial charge in [0.25, 0.3) is 11.5 Å². The van der Waals surface area contributed by atoms with Crippen LogP contribution in [0.5, 0.6) is 0 Å². The summed E-state index contributed by atoms with van der Waals surface area (Å²) in [7, 11) is 0. The van der Waals surface area contributed by atoms with Crippen molar-refractivity contribution in [2.24, 2.45) is 0 Å². The predicted octanol–water partition coefficient (Wildman–Crippen LogP) is 3.56. The molecule has 9 heteroatoms. The maximum Gasteiger partial charge on any atom is 0.289 e. The lowest BCUT2D eigenvalue weighted by Gasteiger charge is -2.18. The fraction of sp³-hybridized carbons (Fsp3) is 0.385. The van der Waals surface area contributed by atoms with E-state index >= 15 is 0 Å². The first-order chi connectivity index (χ1) is 16.8. The summed E-state index contributed by atoms with van der Waals surface area (Å²) >= 11 is 0. The molecule has 0 spiro atoms. The summed E-state index contributed by atoms with van der Waals surface area (Å²) in [6.45, 7) is 6.12. The Morgan fingerprint density at radius 3 is 2.46 bits per heavy atom. The molecular formula is C26H27N7O2. The zero-order chi connectivity index (χ0) is 24.4. The van der Waals surface area contributed by atoms with Crippen molar-refractivity contribution in [3.8, 4) is 11.1 Å². The van der Waals surface area contributed by atoms with Gasteiger partial charge in [0.05, 0.1) is 29.0 Å². The van der Waals surface area contributed by atoms with Gasteiger partial charge in [-0.15, -0.1) is 0 Å². The second-order valence-corrected chi connectivity index (χ2v) is 10.2. The molecule has 0 radical (unpaired) electrons. The number of carbonyl (C=O) groups is 1. The Labute approximate surface area is 202 Å². The summed E-state index contributed by atoms with van der Waals surface area (Å²) in [4.78, 5) is 39.2. The number of rotatable bonds is 6. The fourth-order valence-electron chi connectivity index (χ4n) is 4.59. The summed E-state index contributed by atoms with van der Waals surface area (Å²) in [6, 6.07) is 7.96. The molecule has 35 heavy (non-hydrogen) atoms. The Bertz CT molecular complexity index is 1510. The molecule has 9 nitrogen and oxygen atoms in total. The van der Waals surface area contributed by atoms with Gasteiger partial charge in [-0.2, -0.15) is 5.10 Å². The van der Waals surface area contributed by atoms with Crippen LogP contribution in [-0.2, 0) is 11.1 Å². The van der Waals surface area contributed by atoms with Crippen molar-refractivity contribution in [1.82, 2.24) is 34.6 Å². The first kappa shape index (κ1) is 21.6. The van der Waals surface area contributed by atoms with Crippen molar-refractivity contribution in [2.75, 3.05) is 0 Å². The highest BCUT2D eigenvalue weighted by molar-refractivity contribution is 5.93. The molecule has 2 aliphatic rings. The van der Waals surface area contributed by atoms with Gasteiger partial charge in [-0.05, 0) is 57.6 Å². The smallest absolute Gasteiger partial charge is 0.289 e. The van der Waals surface area contributed by atoms with Crippen LogP contribution in [0.2, 0.25) is 0 Å². The summed E-state index contributed by atoms with van der Waals surface area (Å²) in [5.74, 6) is -0.176. The number of fused-ring (bicyclic) bond motifs is 1. The molecule has 2 saturated carbocycles. The molecule has 3 heterocycles. The molecule has 2 fully saturated rings. The van der Waals surface area contributed by atoms with E-state index in [-0.39, 0.29) is 28.9 Å². The van der Waals surface area contributed by atoms with Crippen LogP contribution in [0.4, 0.5) is 0 Å². The van der Waals surface area contributed by atoms with E-state index in [2.05, 4.69) is 32.3 Å². The summed E-state index contributed by atoms with van der Waals surface area (Å²) in [5, 5.41) is 8.29. The fourth-order valence-corrected chi connectivity index (χ4v) is 4.59. The third-order valence-electron chi connectivity index (χ3n) is 7.27. The summed E-state index contributed by atoms with van der Waals surface area (Å²) < 4.78 is 3.54. The van der Waals surface area contributed by atoms with Crippen LogP contribution in [0.3, 0.4) is 0 Å². The average molecular weight is 470 g/mol. The SMILES string of the molecule is CC(C)n1ncc2cnc(C(=O)NC3(c4ccc(-c5cncn(C6(C)CC6)c5=O)cc4)CC3)nc21. The highest BCUT2D eigenvalue weighted by atomic mass is 16.2. The Hall–Kier alpha value is -3.88. The molecule has 0 atom stereocenters. The maximum atomic E-state index is 13.1. The number of amides is 1. The molecule has 0 bridgehead atoms. The number of hydrogen-bond acceptors (Lipinski definition) is 6. The van der Waals surface area contributed by atoms with Crippen molar-refractivity contribution < 1.29 is 4.79 Å². The molecule has 2 aliphatic carbocycles. The van der Waals surface area contributed by atoms with Crippen LogP contribution in [0.1, 0.15) is 68.7 Å². The van der Waals surface area contributed by atoms with Crippen LogP contribution in [0, 0.1) is 0 Å². The third-order valence-corrected chi connectivity index (χ3v) is 7.27. The topological polar surface area (TPSA) is 108 Å². The van der Waals surface area contributed by atoms with Crippen LogP contribution >= 0.6 is 0 Å². The molecule has 4 aromatic rings. The Balaban J connectivity index is 1.25. The first-order valence-corrected chi connectivity index (χ1v) is 12.0. The van der Waals surface area contributed by atoms with Gasteiger partial charge in [-0.3, -0.25) is 14.2 Å². The molecule has 0 saturated heterocycles. The van der Waals surface area contributed by atoms with Crippen LogP contribution in [-0.4, -0.2) is 35.2 Å². The van der Waals surface area contributed by atoms with Gasteiger partial charge in [0, 0.05) is 24.0 Å². The summed E-state index contributed by atoms with van der Waals surface area (Å²) in [6.07, 6.45) is 10.3. The number of nitrogens with zero attached hydrogens (tertiary/aromatic N) is 6. The highest BCUT2D eigenvalue weighted by Gasteiger charge is 2.46. The second-order valence-electron chi connectivity index (χ2n) is 10.2. The van der Waals surface area contributed by atoms with Gasteiger partial charge < -0.3 is 5.32 Å². The number of hydrogen-bond donors (Lipinski definition) is 1. The molecule has 1 aromatic carbocycles. The molecule has 178 valence electrons. The average Bonchev–Trinajstić information content (AvgIpc) is 3.76. The van der Waals surface area contributed by atoms with Crippen LogP contribution in [0.15, 0.2) is 54.0 Å². The van der Waals surface area contributed by atoms with E-state index in [9.17, 15) is 9.59 Å². The number of aromatic nitrogens is 6. The van der Waals surface area contributed by atoms with Gasteiger partial charge in [-0.25, -0.2) is 19.6 Å². The molecule has 6 rings (SSSR count). The van der Waals surface area contributed by atoms with E-state index in [1.165, 1.54) is 0 Å². The number of nitrogens with one attached hydrogen (secondary N) is 1. The van der Waals surface area contributed by atoms with E-state index < -0.39 is 5.54 Å². The molecule has 1 amide bonds. The standard InChI is InChI=1S/C26H27N7O2/c1-16(2)33-22-18(13-29-33)12-28-21(30-22)23(34)31-26(10-11-26)19-6-4-17(5-7-19)20-14-27-15-32(24(20)35)25(3)8-9-25/h4-7,12-16H,8-11H2,1-3H3,(H,31,34). The lowest BCUT2D eigenvalue weighted by molar-refractivity contribution is 0.0920. The lowest BCUT2D eigenvalue weighted by Crippen LogP contribution is -2.36. The summed E-state index contributed by atoms with van der Waals surface area (Å²) in [5.41, 5.74) is 2.49. The largest absolute Gasteiger partial charge is 0.340 e. The third kappa shape index (κ3) is 3.62. The first-order valence-electron chi connectivity index (χ1n) is 12.0. The number of carbonyl (C=O) groups excluding carboxylic acids is 1. The zero-order valence-corrected chi connectivity index (χ0v) is 20.0. The van der Waals surface area contributed by atoms with Gasteiger partial charge in [-0.1, -0.05) is 24.3 Å².